The number of rotatable bonds is 5. The molecule has 3 amide bonds. The second-order valence-electron chi connectivity index (χ2n) is 6.27. The summed E-state index contributed by atoms with van der Waals surface area (Å²) in [6, 6.07) is 6.92. The fourth-order valence-electron chi connectivity index (χ4n) is 2.91. The lowest BCUT2D eigenvalue weighted by atomic mass is 9.92. The number of carbonyl (C=O) groups is 2. The largest absolute Gasteiger partial charge is 0.337 e. The highest BCUT2D eigenvalue weighted by Crippen LogP contribution is 2.21. The van der Waals surface area contributed by atoms with Crippen molar-refractivity contribution >= 4 is 35.9 Å². The normalized spacial score (nSPS) is 19.7. The number of halogens is 2. The molecule has 6 nitrogen and oxygen atoms in total. The van der Waals surface area contributed by atoms with Gasteiger partial charge in [-0.05, 0) is 36.5 Å². The zero-order valence-corrected chi connectivity index (χ0v) is 15.9. The molecular weight excluding hydrogens is 363 g/mol. The van der Waals surface area contributed by atoms with Gasteiger partial charge in [-0.1, -0.05) is 30.7 Å². The van der Waals surface area contributed by atoms with Crippen LogP contribution >= 0.6 is 24.0 Å². The summed E-state index contributed by atoms with van der Waals surface area (Å²) >= 11 is 5.81. The van der Waals surface area contributed by atoms with Crippen LogP contribution < -0.4 is 16.4 Å². The molecule has 0 radical (unpaired) electrons. The van der Waals surface area contributed by atoms with Crippen molar-refractivity contribution in [3.63, 3.8) is 0 Å². The third-order valence-corrected chi connectivity index (χ3v) is 4.59. The number of nitrogens with two attached hydrogens (primary N) is 1. The summed E-state index contributed by atoms with van der Waals surface area (Å²) in [4.78, 5) is 25.9. The minimum atomic E-state index is -0.368. The van der Waals surface area contributed by atoms with Gasteiger partial charge in [-0.2, -0.15) is 0 Å². The van der Waals surface area contributed by atoms with Gasteiger partial charge in [0.15, 0.2) is 0 Å². The van der Waals surface area contributed by atoms with Crippen LogP contribution in [0.25, 0.3) is 0 Å². The van der Waals surface area contributed by atoms with Crippen LogP contribution in [0.15, 0.2) is 24.3 Å². The Kier molecular flexibility index (Phi) is 9.03. The molecule has 140 valence electrons. The van der Waals surface area contributed by atoms with E-state index in [0.29, 0.717) is 30.6 Å². The quantitative estimate of drug-likeness (QED) is 0.721. The van der Waals surface area contributed by atoms with Crippen molar-refractivity contribution in [2.75, 3.05) is 19.6 Å². The first kappa shape index (κ1) is 21.5. The lowest BCUT2D eigenvalue weighted by molar-refractivity contribution is -0.134. The van der Waals surface area contributed by atoms with Gasteiger partial charge in [-0.3, -0.25) is 4.79 Å². The minimum absolute atomic E-state index is 0. The van der Waals surface area contributed by atoms with Crippen molar-refractivity contribution in [1.29, 1.82) is 0 Å². The van der Waals surface area contributed by atoms with E-state index in [0.717, 1.165) is 18.4 Å². The predicted octanol–water partition coefficient (Wildman–Crippen LogP) is 2.15. The number of piperidine rings is 1. The zero-order chi connectivity index (χ0) is 17.5. The summed E-state index contributed by atoms with van der Waals surface area (Å²) in [5.74, 6) is 0.497. The third-order valence-electron chi connectivity index (χ3n) is 4.34. The van der Waals surface area contributed by atoms with Crippen LogP contribution in [0.1, 0.15) is 25.3 Å². The highest BCUT2D eigenvalue weighted by atomic mass is 35.5. The molecule has 0 aromatic heterocycles. The molecule has 4 N–H and O–H groups in total. The van der Waals surface area contributed by atoms with Crippen LogP contribution in [0.4, 0.5) is 4.79 Å². The van der Waals surface area contributed by atoms with E-state index >= 15 is 0 Å². The first-order valence-electron chi connectivity index (χ1n) is 8.25. The Balaban J connectivity index is 0.00000312. The second kappa shape index (κ2) is 10.5. The van der Waals surface area contributed by atoms with Gasteiger partial charge in [0.05, 0.1) is 6.54 Å². The first-order chi connectivity index (χ1) is 11.5. The molecule has 0 bridgehead atoms. The molecule has 0 saturated carbocycles. The number of nitrogens with one attached hydrogen (secondary N) is 2. The highest BCUT2D eigenvalue weighted by molar-refractivity contribution is 6.30. The van der Waals surface area contributed by atoms with Gasteiger partial charge in [-0.25, -0.2) is 4.79 Å². The average molecular weight is 389 g/mol. The molecule has 2 unspecified atom stereocenters. The Morgan fingerprint density at radius 2 is 1.96 bits per heavy atom. The summed E-state index contributed by atoms with van der Waals surface area (Å²) in [6.07, 6.45) is 1.90. The molecule has 1 fully saturated rings. The molecule has 1 aliphatic rings. The summed E-state index contributed by atoms with van der Waals surface area (Å²) in [7, 11) is 0. The number of likely N-dealkylation sites (tertiary alicyclic amines) is 1. The van der Waals surface area contributed by atoms with Crippen LogP contribution in [0.3, 0.4) is 0 Å². The van der Waals surface area contributed by atoms with Crippen LogP contribution in [0.2, 0.25) is 5.02 Å². The fourth-order valence-corrected chi connectivity index (χ4v) is 3.03. The van der Waals surface area contributed by atoms with E-state index in [4.69, 9.17) is 17.3 Å². The highest BCUT2D eigenvalue weighted by Gasteiger charge is 2.28. The minimum Gasteiger partial charge on any atom is -0.337 e. The molecule has 0 spiro atoms. The summed E-state index contributed by atoms with van der Waals surface area (Å²) in [6.45, 7) is 3.70. The average Bonchev–Trinajstić information content (AvgIpc) is 2.59. The van der Waals surface area contributed by atoms with E-state index in [1.54, 1.807) is 17.0 Å². The Hall–Kier alpha value is -1.50. The first-order valence-corrected chi connectivity index (χ1v) is 8.63. The fraction of sp³-hybridized carbons (Fsp3) is 0.529. The molecule has 25 heavy (non-hydrogen) atoms. The number of hydrogen-bond donors (Lipinski definition) is 3. The molecule has 8 heteroatoms. The number of hydrogen-bond acceptors (Lipinski definition) is 3. The van der Waals surface area contributed by atoms with Crippen molar-refractivity contribution < 1.29 is 9.59 Å². The second-order valence-corrected chi connectivity index (χ2v) is 6.71. The molecule has 2 rings (SSSR count). The summed E-state index contributed by atoms with van der Waals surface area (Å²) < 4.78 is 0. The number of carbonyl (C=O) groups excluding carboxylic acids is 2. The predicted molar refractivity (Wildman–Crippen MR) is 102 cm³/mol. The topological polar surface area (TPSA) is 87.5 Å². The molecular formula is C17H26Cl2N4O2. The Bertz CT molecular complexity index is 568. The Labute approximate surface area is 159 Å². The van der Waals surface area contributed by atoms with Crippen molar-refractivity contribution in [2.45, 2.75) is 32.4 Å². The maximum atomic E-state index is 12.3. The number of benzene rings is 1. The van der Waals surface area contributed by atoms with Gasteiger partial charge in [-0.15, -0.1) is 12.4 Å². The van der Waals surface area contributed by atoms with E-state index < -0.39 is 0 Å². The van der Waals surface area contributed by atoms with E-state index in [1.165, 1.54) is 0 Å². The number of amides is 3. The SMILES string of the molecule is CC1CCN(C(=O)CNC(=O)NCc2ccc(Cl)cc2)C(CN)C1.Cl. The van der Waals surface area contributed by atoms with Gasteiger partial charge >= 0.3 is 6.03 Å². The summed E-state index contributed by atoms with van der Waals surface area (Å²) in [5.41, 5.74) is 6.71. The van der Waals surface area contributed by atoms with Gasteiger partial charge in [0.2, 0.25) is 5.91 Å². The van der Waals surface area contributed by atoms with E-state index in [9.17, 15) is 9.59 Å². The van der Waals surface area contributed by atoms with Gasteiger partial charge in [0, 0.05) is 30.7 Å². The van der Waals surface area contributed by atoms with Crippen LogP contribution in [0, 0.1) is 5.92 Å². The molecule has 1 heterocycles. The Morgan fingerprint density at radius 1 is 1.28 bits per heavy atom. The van der Waals surface area contributed by atoms with Crippen LogP contribution in [-0.4, -0.2) is 42.5 Å². The van der Waals surface area contributed by atoms with Crippen molar-refractivity contribution in [2.24, 2.45) is 11.7 Å². The van der Waals surface area contributed by atoms with Crippen molar-refractivity contribution in [3.05, 3.63) is 34.9 Å². The smallest absolute Gasteiger partial charge is 0.315 e. The maximum Gasteiger partial charge on any atom is 0.315 e. The molecule has 1 aromatic rings. The molecule has 2 atom stereocenters. The van der Waals surface area contributed by atoms with Crippen molar-refractivity contribution in [1.82, 2.24) is 15.5 Å². The molecule has 1 aliphatic heterocycles. The molecule has 1 saturated heterocycles. The zero-order valence-electron chi connectivity index (χ0n) is 14.3. The van der Waals surface area contributed by atoms with Crippen LogP contribution in [0.5, 0.6) is 0 Å². The standard InChI is InChI=1S/C17H25ClN4O2.ClH/c1-12-6-7-22(15(8-12)9-19)16(23)11-21-17(24)20-10-13-2-4-14(18)5-3-13;/h2-5,12,15H,6-11,19H2,1H3,(H2,20,21,24);1H. The van der Waals surface area contributed by atoms with Crippen LogP contribution in [-0.2, 0) is 11.3 Å². The lowest BCUT2D eigenvalue weighted by Crippen LogP contribution is -2.52. The monoisotopic (exact) mass is 388 g/mol. The molecule has 1 aromatic carbocycles. The maximum absolute atomic E-state index is 12.3. The van der Waals surface area contributed by atoms with Gasteiger partial charge < -0.3 is 21.3 Å². The number of urea groups is 1. The van der Waals surface area contributed by atoms with E-state index in [2.05, 4.69) is 17.6 Å². The van der Waals surface area contributed by atoms with Gasteiger partial charge in [0.25, 0.3) is 0 Å². The lowest BCUT2D eigenvalue weighted by Gasteiger charge is -2.38. The summed E-state index contributed by atoms with van der Waals surface area (Å²) in [5, 5.41) is 5.98. The number of nitrogens with zero attached hydrogens (tertiary/aromatic N) is 1. The van der Waals surface area contributed by atoms with E-state index in [-0.39, 0.29) is 36.9 Å². The van der Waals surface area contributed by atoms with E-state index in [1.807, 2.05) is 12.1 Å². The Morgan fingerprint density at radius 3 is 2.60 bits per heavy atom. The van der Waals surface area contributed by atoms with Gasteiger partial charge in [0.1, 0.15) is 0 Å². The van der Waals surface area contributed by atoms with Crippen molar-refractivity contribution in [3.8, 4) is 0 Å². The third kappa shape index (κ3) is 6.72. The molecule has 0 aliphatic carbocycles.